The van der Waals surface area contributed by atoms with Gasteiger partial charge in [-0.3, -0.25) is 4.79 Å². The number of nitrogens with zero attached hydrogens (tertiary/aromatic N) is 3. The Morgan fingerprint density at radius 2 is 1.50 bits per heavy atom. The zero-order valence-corrected chi connectivity index (χ0v) is 13.6. The van der Waals surface area contributed by atoms with Gasteiger partial charge in [0.05, 0.1) is 35.1 Å². The SMILES string of the molecule is N#Cc1cccc(NC(=O)c2ccc(Nc3cccc(C#N)c3)cn2)c1. The summed E-state index contributed by atoms with van der Waals surface area (Å²) in [5.74, 6) is -0.363. The molecule has 0 bridgehead atoms. The summed E-state index contributed by atoms with van der Waals surface area (Å²) in [5.41, 5.74) is 3.27. The fourth-order valence-corrected chi connectivity index (χ4v) is 2.30. The number of carbonyl (C=O) groups is 1. The summed E-state index contributed by atoms with van der Waals surface area (Å²) in [6.45, 7) is 0. The lowest BCUT2D eigenvalue weighted by molar-refractivity contribution is 0.102. The van der Waals surface area contributed by atoms with Gasteiger partial charge in [0.1, 0.15) is 5.69 Å². The van der Waals surface area contributed by atoms with Gasteiger partial charge in [0.25, 0.3) is 5.91 Å². The molecule has 0 spiro atoms. The van der Waals surface area contributed by atoms with E-state index in [0.29, 0.717) is 22.5 Å². The van der Waals surface area contributed by atoms with Crippen molar-refractivity contribution in [3.05, 3.63) is 83.7 Å². The van der Waals surface area contributed by atoms with E-state index in [1.165, 1.54) is 0 Å². The van der Waals surface area contributed by atoms with Gasteiger partial charge in [0.2, 0.25) is 0 Å². The van der Waals surface area contributed by atoms with Crippen LogP contribution in [-0.4, -0.2) is 10.9 Å². The van der Waals surface area contributed by atoms with Gasteiger partial charge >= 0.3 is 0 Å². The number of rotatable bonds is 4. The molecule has 2 aromatic carbocycles. The Labute approximate surface area is 150 Å². The van der Waals surface area contributed by atoms with E-state index in [2.05, 4.69) is 21.7 Å². The van der Waals surface area contributed by atoms with Crippen LogP contribution in [0.1, 0.15) is 21.6 Å². The van der Waals surface area contributed by atoms with Crippen LogP contribution in [0.5, 0.6) is 0 Å². The molecule has 6 heteroatoms. The van der Waals surface area contributed by atoms with E-state index in [9.17, 15) is 4.79 Å². The van der Waals surface area contributed by atoms with E-state index < -0.39 is 0 Å². The Balaban J connectivity index is 1.69. The quantitative estimate of drug-likeness (QED) is 0.752. The van der Waals surface area contributed by atoms with Crippen LogP contribution in [0.3, 0.4) is 0 Å². The van der Waals surface area contributed by atoms with Gasteiger partial charge in [-0.1, -0.05) is 12.1 Å². The summed E-state index contributed by atoms with van der Waals surface area (Å²) in [6, 6.07) is 21.2. The van der Waals surface area contributed by atoms with Crippen LogP contribution in [0, 0.1) is 22.7 Å². The molecule has 0 unspecified atom stereocenters. The first-order chi connectivity index (χ1) is 12.7. The number of carbonyl (C=O) groups excluding carboxylic acids is 1. The number of benzene rings is 2. The van der Waals surface area contributed by atoms with Gasteiger partial charge in [-0.05, 0) is 48.5 Å². The molecule has 0 atom stereocenters. The number of hydrogen-bond acceptors (Lipinski definition) is 5. The zero-order valence-electron chi connectivity index (χ0n) is 13.6. The Bertz CT molecular complexity index is 1030. The van der Waals surface area contributed by atoms with Gasteiger partial charge in [-0.25, -0.2) is 4.98 Å². The minimum absolute atomic E-state index is 0.253. The third-order valence-electron chi connectivity index (χ3n) is 3.53. The molecular formula is C20H13N5O. The molecule has 1 aromatic heterocycles. The third kappa shape index (κ3) is 4.02. The summed E-state index contributed by atoms with van der Waals surface area (Å²) < 4.78 is 0. The highest BCUT2D eigenvalue weighted by Gasteiger charge is 2.08. The van der Waals surface area contributed by atoms with Crippen LogP contribution in [0.4, 0.5) is 17.1 Å². The van der Waals surface area contributed by atoms with E-state index in [1.54, 1.807) is 60.8 Å². The van der Waals surface area contributed by atoms with Crippen molar-refractivity contribution in [2.45, 2.75) is 0 Å². The van der Waals surface area contributed by atoms with E-state index in [4.69, 9.17) is 10.5 Å². The summed E-state index contributed by atoms with van der Waals surface area (Å²) in [7, 11) is 0. The monoisotopic (exact) mass is 339 g/mol. The average Bonchev–Trinajstić information content (AvgIpc) is 2.69. The predicted octanol–water partition coefficient (Wildman–Crippen LogP) is 3.82. The number of hydrogen-bond donors (Lipinski definition) is 2. The van der Waals surface area contributed by atoms with Crippen molar-refractivity contribution in [2.24, 2.45) is 0 Å². The van der Waals surface area contributed by atoms with Crippen molar-refractivity contribution in [3.8, 4) is 12.1 Å². The van der Waals surface area contributed by atoms with Gasteiger partial charge in [0.15, 0.2) is 0 Å². The molecule has 0 aliphatic heterocycles. The van der Waals surface area contributed by atoms with Gasteiger partial charge in [0, 0.05) is 11.4 Å². The lowest BCUT2D eigenvalue weighted by Gasteiger charge is -2.08. The standard InChI is InChI=1S/C20H13N5O/c21-11-14-3-1-5-16(9-14)24-18-7-8-19(23-13-18)20(26)25-17-6-2-4-15(10-17)12-22/h1-10,13,24H,(H,25,26). The van der Waals surface area contributed by atoms with Crippen LogP contribution in [-0.2, 0) is 0 Å². The number of anilines is 3. The fraction of sp³-hybridized carbons (Fsp3) is 0. The fourth-order valence-electron chi connectivity index (χ4n) is 2.30. The van der Waals surface area contributed by atoms with Crippen molar-refractivity contribution < 1.29 is 4.79 Å². The highest BCUT2D eigenvalue weighted by Crippen LogP contribution is 2.17. The summed E-state index contributed by atoms with van der Waals surface area (Å²) >= 11 is 0. The summed E-state index contributed by atoms with van der Waals surface area (Å²) in [4.78, 5) is 16.4. The third-order valence-corrected chi connectivity index (χ3v) is 3.53. The van der Waals surface area contributed by atoms with Crippen LogP contribution in [0.25, 0.3) is 0 Å². The lowest BCUT2D eigenvalue weighted by atomic mass is 10.2. The molecule has 3 aromatic rings. The molecule has 0 radical (unpaired) electrons. The second kappa shape index (κ2) is 7.61. The second-order valence-corrected chi connectivity index (χ2v) is 5.40. The van der Waals surface area contributed by atoms with Crippen LogP contribution < -0.4 is 10.6 Å². The average molecular weight is 339 g/mol. The molecule has 6 nitrogen and oxygen atoms in total. The number of nitrogens with one attached hydrogen (secondary N) is 2. The molecule has 124 valence electrons. The zero-order chi connectivity index (χ0) is 18.4. The molecule has 3 rings (SSSR count). The van der Waals surface area contributed by atoms with Gasteiger partial charge < -0.3 is 10.6 Å². The lowest BCUT2D eigenvalue weighted by Crippen LogP contribution is -2.13. The highest BCUT2D eigenvalue weighted by molar-refractivity contribution is 6.03. The number of aromatic nitrogens is 1. The molecule has 0 saturated carbocycles. The molecule has 0 aliphatic rings. The van der Waals surface area contributed by atoms with Gasteiger partial charge in [-0.2, -0.15) is 10.5 Å². The minimum atomic E-state index is -0.363. The topological polar surface area (TPSA) is 102 Å². The molecule has 1 heterocycles. The Kier molecular flexibility index (Phi) is 4.88. The first kappa shape index (κ1) is 16.7. The van der Waals surface area contributed by atoms with E-state index in [-0.39, 0.29) is 11.6 Å². The molecule has 0 aliphatic carbocycles. The van der Waals surface area contributed by atoms with E-state index in [0.717, 1.165) is 5.69 Å². The van der Waals surface area contributed by atoms with E-state index >= 15 is 0 Å². The first-order valence-corrected chi connectivity index (χ1v) is 7.73. The van der Waals surface area contributed by atoms with Crippen LogP contribution >= 0.6 is 0 Å². The molecule has 0 fully saturated rings. The largest absolute Gasteiger partial charge is 0.354 e. The normalized spacial score (nSPS) is 9.62. The molecule has 1 amide bonds. The maximum atomic E-state index is 12.3. The second-order valence-electron chi connectivity index (χ2n) is 5.40. The Morgan fingerprint density at radius 3 is 2.12 bits per heavy atom. The van der Waals surface area contributed by atoms with Crippen molar-refractivity contribution in [1.29, 1.82) is 10.5 Å². The molecule has 26 heavy (non-hydrogen) atoms. The Morgan fingerprint density at radius 1 is 0.846 bits per heavy atom. The number of nitriles is 2. The van der Waals surface area contributed by atoms with Crippen LogP contribution in [0.2, 0.25) is 0 Å². The van der Waals surface area contributed by atoms with Crippen LogP contribution in [0.15, 0.2) is 66.9 Å². The van der Waals surface area contributed by atoms with Crippen molar-refractivity contribution >= 4 is 23.0 Å². The summed E-state index contributed by atoms with van der Waals surface area (Å²) in [6.07, 6.45) is 1.54. The summed E-state index contributed by atoms with van der Waals surface area (Å²) in [5, 5.41) is 23.7. The highest BCUT2D eigenvalue weighted by atomic mass is 16.1. The van der Waals surface area contributed by atoms with E-state index in [1.807, 2.05) is 12.1 Å². The van der Waals surface area contributed by atoms with Gasteiger partial charge in [-0.15, -0.1) is 0 Å². The number of pyridine rings is 1. The smallest absolute Gasteiger partial charge is 0.274 e. The maximum absolute atomic E-state index is 12.3. The first-order valence-electron chi connectivity index (χ1n) is 7.73. The number of amides is 1. The molecular weight excluding hydrogens is 326 g/mol. The molecule has 0 saturated heterocycles. The maximum Gasteiger partial charge on any atom is 0.274 e. The molecule has 2 N–H and O–H groups in total. The Hall–Kier alpha value is -4.16. The van der Waals surface area contributed by atoms with Crippen molar-refractivity contribution in [3.63, 3.8) is 0 Å². The van der Waals surface area contributed by atoms with Crippen molar-refractivity contribution in [1.82, 2.24) is 4.98 Å². The van der Waals surface area contributed by atoms with Crippen molar-refractivity contribution in [2.75, 3.05) is 10.6 Å². The minimum Gasteiger partial charge on any atom is -0.354 e. The predicted molar refractivity (Wildman–Crippen MR) is 97.8 cm³/mol.